The highest BCUT2D eigenvalue weighted by Crippen LogP contribution is 2.14. The van der Waals surface area contributed by atoms with Crippen molar-refractivity contribution in [2.24, 2.45) is 0 Å². The Morgan fingerprint density at radius 1 is 1.85 bits per heavy atom. The quantitative estimate of drug-likeness (QED) is 0.513. The summed E-state index contributed by atoms with van der Waals surface area (Å²) < 4.78 is 17.8. The molecule has 0 saturated carbocycles. The smallest absolute Gasteiger partial charge is 0.330 e. The van der Waals surface area contributed by atoms with Gasteiger partial charge in [-0.3, -0.25) is 0 Å². The van der Waals surface area contributed by atoms with Gasteiger partial charge in [-0.25, -0.2) is 9.18 Å². The molecule has 0 aliphatic carbocycles. The van der Waals surface area contributed by atoms with Gasteiger partial charge in [-0.15, -0.1) is 0 Å². The van der Waals surface area contributed by atoms with Gasteiger partial charge >= 0.3 is 5.97 Å². The molecule has 0 spiro atoms. The van der Waals surface area contributed by atoms with Gasteiger partial charge in [-0.1, -0.05) is 0 Å². The predicted molar refractivity (Wildman–Crippen MR) is 47.1 cm³/mol. The van der Waals surface area contributed by atoms with Crippen LogP contribution in [0.15, 0.2) is 11.6 Å². The zero-order valence-electron chi connectivity index (χ0n) is 7.68. The first-order valence-electron chi connectivity index (χ1n) is 4.46. The second-order valence-electron chi connectivity index (χ2n) is 2.89. The number of carbonyl (C=O) groups is 1. The molecule has 0 radical (unpaired) electrons. The van der Waals surface area contributed by atoms with Crippen LogP contribution in [0.5, 0.6) is 0 Å². The van der Waals surface area contributed by atoms with E-state index in [2.05, 4.69) is 5.32 Å². The molecular weight excluding hydrogens is 173 g/mol. The molecule has 3 nitrogen and oxygen atoms in total. The maximum atomic E-state index is 13.1. The highest BCUT2D eigenvalue weighted by atomic mass is 19.1. The van der Waals surface area contributed by atoms with Crippen molar-refractivity contribution in [1.29, 1.82) is 0 Å². The van der Waals surface area contributed by atoms with Crippen molar-refractivity contribution < 1.29 is 13.9 Å². The Labute approximate surface area is 77.0 Å². The highest BCUT2D eigenvalue weighted by Gasteiger charge is 2.18. The molecule has 0 aromatic rings. The lowest BCUT2D eigenvalue weighted by atomic mass is 10.0. The number of hydrogen-bond acceptors (Lipinski definition) is 3. The molecule has 13 heavy (non-hydrogen) atoms. The van der Waals surface area contributed by atoms with Crippen molar-refractivity contribution in [2.45, 2.75) is 19.5 Å². The summed E-state index contributed by atoms with van der Waals surface area (Å²) in [5, 5.41) is 2.90. The summed E-state index contributed by atoms with van der Waals surface area (Å²) in [6.07, 6.45) is 0.813. The third-order valence-corrected chi connectivity index (χ3v) is 1.91. The molecule has 0 aromatic carbocycles. The van der Waals surface area contributed by atoms with E-state index >= 15 is 0 Å². The minimum absolute atomic E-state index is 0.297. The van der Waals surface area contributed by atoms with Gasteiger partial charge in [-0.2, -0.15) is 0 Å². The zero-order chi connectivity index (χ0) is 9.68. The molecule has 1 aliphatic rings. The van der Waals surface area contributed by atoms with Gasteiger partial charge in [0.05, 0.1) is 6.61 Å². The Bertz CT molecular complexity index is 216. The zero-order valence-corrected chi connectivity index (χ0v) is 7.68. The lowest BCUT2D eigenvalue weighted by Gasteiger charge is -2.19. The van der Waals surface area contributed by atoms with Crippen LogP contribution < -0.4 is 5.32 Å². The van der Waals surface area contributed by atoms with E-state index in [1.807, 2.05) is 0 Å². The summed E-state index contributed by atoms with van der Waals surface area (Å²) in [5.74, 6) is -0.443. The number of hydrogen-bond donors (Lipinski definition) is 1. The van der Waals surface area contributed by atoms with Gasteiger partial charge in [0.25, 0.3) is 0 Å². The fraction of sp³-hybridized carbons (Fsp3) is 0.667. The SMILES string of the molecule is CCOC(=O)/C=C1/CCNCC1F. The lowest BCUT2D eigenvalue weighted by molar-refractivity contribution is -0.137. The molecular formula is C9H14FNO2. The average molecular weight is 187 g/mol. The third kappa shape index (κ3) is 3.14. The molecule has 1 atom stereocenters. The van der Waals surface area contributed by atoms with Crippen molar-refractivity contribution >= 4 is 5.97 Å². The van der Waals surface area contributed by atoms with Gasteiger partial charge in [0.15, 0.2) is 0 Å². The number of carbonyl (C=O) groups excluding carboxylic acids is 1. The Balaban J connectivity index is 2.52. The molecule has 1 fully saturated rings. The second kappa shape index (κ2) is 4.97. The van der Waals surface area contributed by atoms with E-state index in [0.717, 1.165) is 6.54 Å². The summed E-state index contributed by atoms with van der Waals surface area (Å²) in [5.41, 5.74) is 0.539. The molecule has 1 heterocycles. The number of piperidine rings is 1. The number of alkyl halides is 1. The number of esters is 1. The molecule has 0 bridgehead atoms. The van der Waals surface area contributed by atoms with Gasteiger partial charge < -0.3 is 10.1 Å². The van der Waals surface area contributed by atoms with Crippen LogP contribution >= 0.6 is 0 Å². The van der Waals surface area contributed by atoms with Crippen LogP contribution in [0.25, 0.3) is 0 Å². The first-order chi connectivity index (χ1) is 6.24. The Kier molecular flexibility index (Phi) is 3.89. The minimum atomic E-state index is -1.04. The molecule has 74 valence electrons. The Hall–Kier alpha value is -0.900. The summed E-state index contributed by atoms with van der Waals surface area (Å²) in [6, 6.07) is 0. The van der Waals surface area contributed by atoms with Crippen molar-refractivity contribution in [3.05, 3.63) is 11.6 Å². The Morgan fingerprint density at radius 2 is 2.62 bits per heavy atom. The van der Waals surface area contributed by atoms with Crippen LogP contribution in [0, 0.1) is 0 Å². The topological polar surface area (TPSA) is 38.3 Å². The average Bonchev–Trinajstić information content (AvgIpc) is 2.09. The van der Waals surface area contributed by atoms with Crippen LogP contribution in [0.4, 0.5) is 4.39 Å². The molecule has 1 aliphatic heterocycles. The van der Waals surface area contributed by atoms with Crippen LogP contribution in [-0.2, 0) is 9.53 Å². The maximum absolute atomic E-state index is 13.1. The van der Waals surface area contributed by atoms with E-state index in [-0.39, 0.29) is 0 Å². The minimum Gasteiger partial charge on any atom is -0.463 e. The molecule has 1 N–H and O–H groups in total. The fourth-order valence-corrected chi connectivity index (χ4v) is 1.25. The molecule has 0 amide bonds. The van der Waals surface area contributed by atoms with Crippen molar-refractivity contribution in [2.75, 3.05) is 19.7 Å². The number of nitrogens with one attached hydrogen (secondary N) is 1. The third-order valence-electron chi connectivity index (χ3n) is 1.91. The van der Waals surface area contributed by atoms with E-state index in [0.29, 0.717) is 25.1 Å². The van der Waals surface area contributed by atoms with Gasteiger partial charge in [0, 0.05) is 12.6 Å². The predicted octanol–water partition coefficient (Wildman–Crippen LogP) is 0.807. The Morgan fingerprint density at radius 3 is 3.23 bits per heavy atom. The maximum Gasteiger partial charge on any atom is 0.330 e. The summed E-state index contributed by atoms with van der Waals surface area (Å²) >= 11 is 0. The van der Waals surface area contributed by atoms with Gasteiger partial charge in [0.1, 0.15) is 6.17 Å². The van der Waals surface area contributed by atoms with Crippen LogP contribution in [0.3, 0.4) is 0 Å². The fourth-order valence-electron chi connectivity index (χ4n) is 1.25. The molecule has 1 rings (SSSR count). The summed E-state index contributed by atoms with van der Waals surface area (Å²) in [4.78, 5) is 11.0. The van der Waals surface area contributed by atoms with E-state index < -0.39 is 12.1 Å². The van der Waals surface area contributed by atoms with Gasteiger partial charge in [-0.05, 0) is 25.5 Å². The lowest BCUT2D eigenvalue weighted by Crippen LogP contribution is -2.33. The second-order valence-corrected chi connectivity index (χ2v) is 2.89. The van der Waals surface area contributed by atoms with Crippen LogP contribution in [0.1, 0.15) is 13.3 Å². The number of rotatable bonds is 2. The standard InChI is InChI=1S/C9H14FNO2/c1-2-13-9(12)5-7-3-4-11-6-8(7)10/h5,8,11H,2-4,6H2,1H3/b7-5-. The van der Waals surface area contributed by atoms with E-state index in [9.17, 15) is 9.18 Å². The number of halogens is 1. The highest BCUT2D eigenvalue weighted by molar-refractivity contribution is 5.83. The van der Waals surface area contributed by atoms with Crippen molar-refractivity contribution in [3.8, 4) is 0 Å². The van der Waals surface area contributed by atoms with Crippen LogP contribution in [-0.4, -0.2) is 31.8 Å². The molecule has 4 heteroatoms. The normalized spacial score (nSPS) is 26.0. The molecule has 1 saturated heterocycles. The molecule has 1 unspecified atom stereocenters. The summed E-state index contributed by atoms with van der Waals surface area (Å²) in [6.45, 7) is 3.08. The van der Waals surface area contributed by atoms with Crippen molar-refractivity contribution in [1.82, 2.24) is 5.32 Å². The van der Waals surface area contributed by atoms with E-state index in [4.69, 9.17) is 4.74 Å². The van der Waals surface area contributed by atoms with Crippen LogP contribution in [0.2, 0.25) is 0 Å². The van der Waals surface area contributed by atoms with E-state index in [1.165, 1.54) is 6.08 Å². The van der Waals surface area contributed by atoms with E-state index in [1.54, 1.807) is 6.92 Å². The first-order valence-corrected chi connectivity index (χ1v) is 4.46. The number of ether oxygens (including phenoxy) is 1. The van der Waals surface area contributed by atoms with Crippen molar-refractivity contribution in [3.63, 3.8) is 0 Å². The molecule has 0 aromatic heterocycles. The monoisotopic (exact) mass is 187 g/mol. The first kappa shape index (κ1) is 10.2. The largest absolute Gasteiger partial charge is 0.463 e. The summed E-state index contributed by atoms with van der Waals surface area (Å²) in [7, 11) is 0. The van der Waals surface area contributed by atoms with Gasteiger partial charge in [0.2, 0.25) is 0 Å².